The Balaban J connectivity index is 1.50. The zero-order valence-electron chi connectivity index (χ0n) is 18.7. The highest BCUT2D eigenvalue weighted by atomic mass is 35.5. The van der Waals surface area contributed by atoms with E-state index in [-0.39, 0.29) is 11.3 Å². The van der Waals surface area contributed by atoms with Crippen LogP contribution >= 0.6 is 11.6 Å². The fraction of sp³-hybridized carbons (Fsp3) is 0.148. The number of hydrogen-bond acceptors (Lipinski definition) is 6. The third-order valence-corrected chi connectivity index (χ3v) is 7.37. The summed E-state index contributed by atoms with van der Waals surface area (Å²) < 4.78 is 0. The zero-order valence-corrected chi connectivity index (χ0v) is 19.4. The van der Waals surface area contributed by atoms with Crippen molar-refractivity contribution in [1.29, 1.82) is 0 Å². The molecule has 0 bridgehead atoms. The molecular formula is C27H18ClN3O5. The van der Waals surface area contributed by atoms with E-state index in [2.05, 4.69) is 0 Å². The molecule has 0 saturated carbocycles. The first-order valence-corrected chi connectivity index (χ1v) is 11.7. The zero-order chi connectivity index (χ0) is 25.1. The standard InChI is InChI=1S/C27H18ClN3O5/c28-17-7-4-8-18(14-17)30-26(33)21-22(27(30)34)24(25(32)16-6-3-9-19(13-16)31(35)36)29-12-11-15-5-1-2-10-20(15)23(21)29/h1-14,21-24H/t21-,22+,23-,24-/m0/s1. The number of amides is 2. The molecule has 4 atom stereocenters. The molecule has 0 unspecified atom stereocenters. The minimum atomic E-state index is -1.01. The van der Waals surface area contributed by atoms with Gasteiger partial charge < -0.3 is 4.90 Å². The van der Waals surface area contributed by atoms with Gasteiger partial charge in [0, 0.05) is 28.9 Å². The molecule has 178 valence electrons. The van der Waals surface area contributed by atoms with E-state index in [1.165, 1.54) is 24.3 Å². The van der Waals surface area contributed by atoms with E-state index >= 15 is 0 Å². The Labute approximate surface area is 210 Å². The van der Waals surface area contributed by atoms with Gasteiger partial charge in [0.2, 0.25) is 11.8 Å². The van der Waals surface area contributed by atoms with Gasteiger partial charge in [-0.1, -0.05) is 54.1 Å². The Hall–Kier alpha value is -4.30. The van der Waals surface area contributed by atoms with Crippen LogP contribution in [0, 0.1) is 22.0 Å². The fourth-order valence-corrected chi connectivity index (χ4v) is 5.85. The molecule has 0 spiro atoms. The summed E-state index contributed by atoms with van der Waals surface area (Å²) in [6, 6.07) is 17.9. The Bertz CT molecular complexity index is 1500. The Kier molecular flexibility index (Phi) is 5.01. The number of fused-ring (bicyclic) bond motifs is 5. The molecule has 9 heteroatoms. The van der Waals surface area contributed by atoms with E-state index in [4.69, 9.17) is 11.6 Å². The van der Waals surface area contributed by atoms with Crippen LogP contribution in [-0.4, -0.2) is 33.5 Å². The summed E-state index contributed by atoms with van der Waals surface area (Å²) in [5.41, 5.74) is 1.99. The number of anilines is 1. The predicted octanol–water partition coefficient (Wildman–Crippen LogP) is 4.65. The van der Waals surface area contributed by atoms with E-state index < -0.39 is 46.4 Å². The smallest absolute Gasteiger partial charge is 0.270 e. The van der Waals surface area contributed by atoms with Gasteiger partial charge in [0.1, 0.15) is 6.04 Å². The quantitative estimate of drug-likeness (QED) is 0.224. The maximum Gasteiger partial charge on any atom is 0.270 e. The van der Waals surface area contributed by atoms with Gasteiger partial charge in [0.25, 0.3) is 5.69 Å². The molecular weight excluding hydrogens is 482 g/mol. The van der Waals surface area contributed by atoms with Crippen molar-refractivity contribution in [3.63, 3.8) is 0 Å². The number of carbonyl (C=O) groups excluding carboxylic acids is 3. The number of non-ortho nitro benzene ring substituents is 1. The lowest BCUT2D eigenvalue weighted by Gasteiger charge is -2.35. The second-order valence-corrected chi connectivity index (χ2v) is 9.43. The van der Waals surface area contributed by atoms with E-state index in [1.54, 1.807) is 35.4 Å². The van der Waals surface area contributed by atoms with Crippen molar-refractivity contribution < 1.29 is 19.3 Å². The second kappa shape index (κ2) is 8.13. The van der Waals surface area contributed by atoms with Crippen LogP contribution in [0.1, 0.15) is 27.5 Å². The van der Waals surface area contributed by atoms with Gasteiger partial charge in [-0.2, -0.15) is 0 Å². The Morgan fingerprint density at radius 3 is 2.44 bits per heavy atom. The monoisotopic (exact) mass is 499 g/mol. The topological polar surface area (TPSA) is 101 Å². The molecule has 3 heterocycles. The Morgan fingerprint density at radius 1 is 0.917 bits per heavy atom. The van der Waals surface area contributed by atoms with Gasteiger partial charge in [-0.15, -0.1) is 0 Å². The summed E-state index contributed by atoms with van der Waals surface area (Å²) in [5, 5.41) is 11.7. The fourth-order valence-electron chi connectivity index (χ4n) is 5.67. The summed E-state index contributed by atoms with van der Waals surface area (Å²) in [4.78, 5) is 55.2. The summed E-state index contributed by atoms with van der Waals surface area (Å²) in [6.07, 6.45) is 3.60. The number of nitro groups is 1. The molecule has 2 amide bonds. The average Bonchev–Trinajstić information content (AvgIpc) is 3.36. The highest BCUT2D eigenvalue weighted by Crippen LogP contribution is 2.53. The first-order chi connectivity index (χ1) is 17.4. The lowest BCUT2D eigenvalue weighted by atomic mass is 9.83. The molecule has 8 nitrogen and oxygen atoms in total. The molecule has 0 radical (unpaired) electrons. The maximum atomic E-state index is 13.9. The number of carbonyl (C=O) groups is 3. The van der Waals surface area contributed by atoms with Crippen LogP contribution in [0.25, 0.3) is 6.08 Å². The number of nitrogens with zero attached hydrogens (tertiary/aromatic N) is 3. The second-order valence-electron chi connectivity index (χ2n) is 9.00. The third-order valence-electron chi connectivity index (χ3n) is 7.14. The minimum Gasteiger partial charge on any atom is -0.358 e. The summed E-state index contributed by atoms with van der Waals surface area (Å²) in [7, 11) is 0. The van der Waals surface area contributed by atoms with E-state index in [0.29, 0.717) is 10.7 Å². The number of halogens is 1. The lowest BCUT2D eigenvalue weighted by molar-refractivity contribution is -0.384. The predicted molar refractivity (Wildman–Crippen MR) is 132 cm³/mol. The van der Waals surface area contributed by atoms with Crippen LogP contribution in [0.15, 0.2) is 79.0 Å². The van der Waals surface area contributed by atoms with Crippen LogP contribution in [0.3, 0.4) is 0 Å². The van der Waals surface area contributed by atoms with E-state index in [0.717, 1.165) is 16.0 Å². The van der Waals surface area contributed by atoms with Crippen molar-refractivity contribution in [3.8, 4) is 0 Å². The van der Waals surface area contributed by atoms with Gasteiger partial charge in [0.15, 0.2) is 5.78 Å². The van der Waals surface area contributed by atoms with Gasteiger partial charge >= 0.3 is 0 Å². The van der Waals surface area contributed by atoms with Gasteiger partial charge in [-0.3, -0.25) is 24.5 Å². The van der Waals surface area contributed by atoms with Crippen molar-refractivity contribution in [1.82, 2.24) is 4.90 Å². The first kappa shape index (κ1) is 22.2. The molecule has 2 fully saturated rings. The van der Waals surface area contributed by atoms with Crippen LogP contribution in [-0.2, 0) is 9.59 Å². The molecule has 0 aromatic heterocycles. The van der Waals surface area contributed by atoms with E-state index in [1.807, 2.05) is 30.3 Å². The van der Waals surface area contributed by atoms with Gasteiger partial charge in [-0.25, -0.2) is 4.90 Å². The van der Waals surface area contributed by atoms with Crippen molar-refractivity contribution in [2.24, 2.45) is 11.8 Å². The van der Waals surface area contributed by atoms with Crippen LogP contribution in [0.5, 0.6) is 0 Å². The third kappa shape index (κ3) is 3.18. The summed E-state index contributed by atoms with van der Waals surface area (Å²) >= 11 is 6.14. The normalized spacial score (nSPS) is 23.9. The molecule has 3 aromatic rings. The molecule has 3 aliphatic rings. The Morgan fingerprint density at radius 2 is 1.67 bits per heavy atom. The molecule has 0 aliphatic carbocycles. The number of Topliss-reactive ketones (excluding diaryl/α,β-unsaturated/α-hetero) is 1. The van der Waals surface area contributed by atoms with Crippen LogP contribution < -0.4 is 4.90 Å². The van der Waals surface area contributed by atoms with Gasteiger partial charge in [-0.05, 0) is 35.4 Å². The molecule has 3 aromatic carbocycles. The number of rotatable bonds is 4. The summed E-state index contributed by atoms with van der Waals surface area (Å²) in [5.74, 6) is -3.12. The average molecular weight is 500 g/mol. The number of nitro benzene ring substituents is 1. The number of hydrogen-bond donors (Lipinski definition) is 0. The van der Waals surface area contributed by atoms with Crippen molar-refractivity contribution in [2.45, 2.75) is 12.1 Å². The van der Waals surface area contributed by atoms with Crippen molar-refractivity contribution in [2.75, 3.05) is 4.90 Å². The van der Waals surface area contributed by atoms with Crippen molar-refractivity contribution in [3.05, 3.63) is 111 Å². The minimum absolute atomic E-state index is 0.113. The number of ketones is 1. The molecule has 2 saturated heterocycles. The number of benzene rings is 3. The molecule has 3 aliphatic heterocycles. The van der Waals surface area contributed by atoms with E-state index in [9.17, 15) is 24.5 Å². The SMILES string of the molecule is O=C(c1cccc([N+](=O)[O-])c1)[C@@H]1[C@@H]2C(=O)N(c3cccc(Cl)c3)C(=O)[C@@H]2[C@@H]2c3ccccc3C=CN12. The highest BCUT2D eigenvalue weighted by Gasteiger charge is 2.64. The lowest BCUT2D eigenvalue weighted by Crippen LogP contribution is -2.44. The van der Waals surface area contributed by atoms with Crippen LogP contribution in [0.2, 0.25) is 5.02 Å². The summed E-state index contributed by atoms with van der Waals surface area (Å²) in [6.45, 7) is 0. The molecule has 0 N–H and O–H groups in total. The van der Waals surface area contributed by atoms with Crippen molar-refractivity contribution >= 4 is 46.6 Å². The molecule has 6 rings (SSSR count). The first-order valence-electron chi connectivity index (χ1n) is 11.3. The highest BCUT2D eigenvalue weighted by molar-refractivity contribution is 6.31. The number of imide groups is 1. The van der Waals surface area contributed by atoms with Gasteiger partial charge in [0.05, 0.1) is 28.5 Å². The largest absolute Gasteiger partial charge is 0.358 e. The van der Waals surface area contributed by atoms with Crippen LogP contribution in [0.4, 0.5) is 11.4 Å². The maximum absolute atomic E-state index is 13.9. The molecule has 36 heavy (non-hydrogen) atoms.